The lowest BCUT2D eigenvalue weighted by atomic mass is 9.80. The second kappa shape index (κ2) is 4.87. The second-order valence-corrected chi connectivity index (χ2v) is 3.09. The van der Waals surface area contributed by atoms with E-state index in [1.807, 2.05) is 0 Å². The van der Waals surface area contributed by atoms with E-state index in [9.17, 15) is 9.59 Å². The molecule has 0 aliphatic carbocycles. The van der Waals surface area contributed by atoms with Gasteiger partial charge in [0.1, 0.15) is 11.4 Å². The highest BCUT2D eigenvalue weighted by molar-refractivity contribution is 6.58. The van der Waals surface area contributed by atoms with Gasteiger partial charge in [-0.05, 0) is 17.6 Å². The fourth-order valence-corrected chi connectivity index (χ4v) is 1.09. The van der Waals surface area contributed by atoms with E-state index in [4.69, 9.17) is 10.0 Å². The van der Waals surface area contributed by atoms with Crippen LogP contribution in [0.5, 0.6) is 0 Å². The molecule has 0 aliphatic heterocycles. The van der Waals surface area contributed by atoms with Crippen LogP contribution in [0.4, 0.5) is 0 Å². The summed E-state index contributed by atoms with van der Waals surface area (Å²) in [5.41, 5.74) is -0.148. The van der Waals surface area contributed by atoms with Crippen molar-refractivity contribution in [2.45, 2.75) is 6.92 Å². The topological polar surface area (TPSA) is 96.7 Å². The molecule has 0 saturated heterocycles. The standard InChI is InChI=1S/C9H10BNO5/c1-5(12)7-3-6(10(14)15)4-8(11-7)9(13)16-2/h3-4,14-15H,1-2H3. The van der Waals surface area contributed by atoms with E-state index in [0.717, 1.165) is 6.07 Å². The first kappa shape index (κ1) is 12.3. The molecule has 0 aliphatic rings. The van der Waals surface area contributed by atoms with Crippen molar-refractivity contribution in [3.63, 3.8) is 0 Å². The molecule has 0 bridgehead atoms. The Hall–Kier alpha value is -1.73. The molecule has 0 saturated carbocycles. The highest BCUT2D eigenvalue weighted by Gasteiger charge is 2.18. The molecule has 0 spiro atoms. The summed E-state index contributed by atoms with van der Waals surface area (Å²) in [6, 6.07) is 2.36. The molecule has 16 heavy (non-hydrogen) atoms. The van der Waals surface area contributed by atoms with E-state index in [1.165, 1.54) is 20.1 Å². The molecule has 1 heterocycles. The van der Waals surface area contributed by atoms with Gasteiger partial charge in [-0.15, -0.1) is 0 Å². The Morgan fingerprint density at radius 3 is 2.31 bits per heavy atom. The van der Waals surface area contributed by atoms with Crippen LogP contribution in [0.25, 0.3) is 0 Å². The Kier molecular flexibility index (Phi) is 3.75. The van der Waals surface area contributed by atoms with Gasteiger partial charge in [0, 0.05) is 6.92 Å². The molecule has 0 aromatic carbocycles. The third kappa shape index (κ3) is 2.65. The van der Waals surface area contributed by atoms with Crippen molar-refractivity contribution < 1.29 is 24.4 Å². The number of nitrogens with zero attached hydrogens (tertiary/aromatic N) is 1. The minimum Gasteiger partial charge on any atom is -0.464 e. The van der Waals surface area contributed by atoms with E-state index in [2.05, 4.69) is 9.72 Å². The molecule has 0 amide bonds. The molecule has 84 valence electrons. The van der Waals surface area contributed by atoms with Gasteiger partial charge in [-0.1, -0.05) is 0 Å². The largest absolute Gasteiger partial charge is 0.488 e. The van der Waals surface area contributed by atoms with Crippen LogP contribution in [0.2, 0.25) is 0 Å². The van der Waals surface area contributed by atoms with Gasteiger partial charge >= 0.3 is 13.1 Å². The number of hydrogen-bond donors (Lipinski definition) is 2. The van der Waals surface area contributed by atoms with Crippen LogP contribution in [-0.4, -0.2) is 41.0 Å². The summed E-state index contributed by atoms with van der Waals surface area (Å²) in [4.78, 5) is 26.0. The smallest absolute Gasteiger partial charge is 0.464 e. The third-order valence-electron chi connectivity index (χ3n) is 1.90. The minimum absolute atomic E-state index is 0.0144. The summed E-state index contributed by atoms with van der Waals surface area (Å²) in [5.74, 6) is -1.13. The van der Waals surface area contributed by atoms with Crippen LogP contribution in [0.15, 0.2) is 12.1 Å². The van der Waals surface area contributed by atoms with Crippen molar-refractivity contribution >= 4 is 24.3 Å². The average Bonchev–Trinajstić information content (AvgIpc) is 2.27. The normalized spacial score (nSPS) is 9.75. The molecule has 0 fully saturated rings. The van der Waals surface area contributed by atoms with E-state index in [1.54, 1.807) is 0 Å². The maximum atomic E-state index is 11.2. The average molecular weight is 223 g/mol. The van der Waals surface area contributed by atoms with Gasteiger partial charge in [0.05, 0.1) is 7.11 Å². The lowest BCUT2D eigenvalue weighted by molar-refractivity contribution is 0.0594. The number of ketones is 1. The quantitative estimate of drug-likeness (QED) is 0.377. The molecule has 2 N–H and O–H groups in total. The zero-order chi connectivity index (χ0) is 12.3. The van der Waals surface area contributed by atoms with Gasteiger partial charge in [0.25, 0.3) is 0 Å². The number of carbonyl (C=O) groups is 2. The summed E-state index contributed by atoms with van der Waals surface area (Å²) in [6.45, 7) is 1.26. The summed E-state index contributed by atoms with van der Waals surface area (Å²) < 4.78 is 4.43. The number of carbonyl (C=O) groups excluding carboxylic acids is 2. The maximum absolute atomic E-state index is 11.2. The Morgan fingerprint density at radius 1 is 1.31 bits per heavy atom. The zero-order valence-corrected chi connectivity index (χ0v) is 8.80. The number of esters is 1. The fraction of sp³-hybridized carbons (Fsp3) is 0.222. The maximum Gasteiger partial charge on any atom is 0.488 e. The van der Waals surface area contributed by atoms with E-state index < -0.39 is 13.1 Å². The molecular formula is C9H10BNO5. The van der Waals surface area contributed by atoms with Gasteiger partial charge in [0.15, 0.2) is 5.78 Å². The van der Waals surface area contributed by atoms with E-state index >= 15 is 0 Å². The second-order valence-electron chi connectivity index (χ2n) is 3.09. The molecule has 1 rings (SSSR count). The first-order chi connectivity index (χ1) is 7.45. The summed E-state index contributed by atoms with van der Waals surface area (Å²) in [7, 11) is -0.607. The Morgan fingerprint density at radius 2 is 1.88 bits per heavy atom. The summed E-state index contributed by atoms with van der Waals surface area (Å²) >= 11 is 0. The first-order valence-electron chi connectivity index (χ1n) is 4.43. The van der Waals surface area contributed by atoms with Crippen LogP contribution in [0.3, 0.4) is 0 Å². The lowest BCUT2D eigenvalue weighted by Gasteiger charge is -2.05. The highest BCUT2D eigenvalue weighted by Crippen LogP contribution is 2.01. The number of methoxy groups -OCH3 is 1. The molecule has 0 radical (unpaired) electrons. The Bertz CT molecular complexity index is 432. The van der Waals surface area contributed by atoms with Crippen LogP contribution in [0, 0.1) is 0 Å². The van der Waals surface area contributed by atoms with Gasteiger partial charge < -0.3 is 14.8 Å². The van der Waals surface area contributed by atoms with Crippen molar-refractivity contribution in [1.29, 1.82) is 0 Å². The third-order valence-corrected chi connectivity index (χ3v) is 1.90. The van der Waals surface area contributed by atoms with Gasteiger partial charge in [-0.2, -0.15) is 0 Å². The lowest BCUT2D eigenvalue weighted by Crippen LogP contribution is -2.32. The molecule has 1 aromatic heterocycles. The Balaban J connectivity index is 3.29. The first-order valence-corrected chi connectivity index (χ1v) is 4.43. The number of aromatic nitrogens is 1. The highest BCUT2D eigenvalue weighted by atomic mass is 16.5. The molecule has 6 nitrogen and oxygen atoms in total. The van der Waals surface area contributed by atoms with E-state index in [-0.39, 0.29) is 22.6 Å². The fourth-order valence-electron chi connectivity index (χ4n) is 1.09. The van der Waals surface area contributed by atoms with Crippen LogP contribution < -0.4 is 5.46 Å². The summed E-state index contributed by atoms with van der Waals surface area (Å²) in [5, 5.41) is 17.9. The molecule has 0 atom stereocenters. The van der Waals surface area contributed by atoms with Crippen LogP contribution in [-0.2, 0) is 4.74 Å². The number of rotatable bonds is 3. The van der Waals surface area contributed by atoms with Gasteiger partial charge in [-0.25, -0.2) is 9.78 Å². The predicted octanol–water partition coefficient (Wildman–Crippen LogP) is -1.25. The van der Waals surface area contributed by atoms with Crippen molar-refractivity contribution in [2.75, 3.05) is 7.11 Å². The monoisotopic (exact) mass is 223 g/mol. The number of Topliss-reactive ketones (excluding diaryl/α,β-unsaturated/α-hetero) is 1. The SMILES string of the molecule is COC(=O)c1cc(B(O)O)cc(C(C)=O)n1. The molecule has 1 aromatic rings. The summed E-state index contributed by atoms with van der Waals surface area (Å²) in [6.07, 6.45) is 0. The van der Waals surface area contributed by atoms with Crippen molar-refractivity contribution in [1.82, 2.24) is 4.98 Å². The van der Waals surface area contributed by atoms with Crippen molar-refractivity contribution in [2.24, 2.45) is 0 Å². The number of hydrogen-bond acceptors (Lipinski definition) is 6. The van der Waals surface area contributed by atoms with Crippen molar-refractivity contribution in [3.05, 3.63) is 23.5 Å². The van der Waals surface area contributed by atoms with Crippen LogP contribution in [0.1, 0.15) is 27.9 Å². The number of ether oxygens (including phenoxy) is 1. The minimum atomic E-state index is -1.77. The molecular weight excluding hydrogens is 213 g/mol. The van der Waals surface area contributed by atoms with Crippen LogP contribution >= 0.6 is 0 Å². The molecule has 7 heteroatoms. The van der Waals surface area contributed by atoms with Gasteiger partial charge in [0.2, 0.25) is 0 Å². The zero-order valence-electron chi connectivity index (χ0n) is 8.80. The number of pyridine rings is 1. The molecule has 0 unspecified atom stereocenters. The Labute approximate surface area is 92.0 Å². The van der Waals surface area contributed by atoms with Crippen molar-refractivity contribution in [3.8, 4) is 0 Å². The van der Waals surface area contributed by atoms with E-state index in [0.29, 0.717) is 0 Å². The predicted molar refractivity (Wildman–Crippen MR) is 55.4 cm³/mol. The van der Waals surface area contributed by atoms with Gasteiger partial charge in [-0.3, -0.25) is 4.79 Å².